The summed E-state index contributed by atoms with van der Waals surface area (Å²) in [5.74, 6) is 0.149. The molecule has 2 N–H and O–H groups in total. The minimum absolute atomic E-state index is 0.0438. The van der Waals surface area contributed by atoms with Crippen LogP contribution in [0.25, 0.3) is 0 Å². The molecule has 0 saturated carbocycles. The minimum Gasteiger partial charge on any atom is -0.395 e. The van der Waals surface area contributed by atoms with Crippen LogP contribution in [0.15, 0.2) is 30.3 Å². The van der Waals surface area contributed by atoms with Crippen molar-refractivity contribution in [3.8, 4) is 0 Å². The van der Waals surface area contributed by atoms with Gasteiger partial charge < -0.3 is 15.3 Å². The first-order valence-electron chi connectivity index (χ1n) is 7.45. The lowest BCUT2D eigenvalue weighted by Crippen LogP contribution is -2.45. The van der Waals surface area contributed by atoms with Crippen molar-refractivity contribution in [1.29, 1.82) is 0 Å². The molecular weight excluding hydrogens is 252 g/mol. The van der Waals surface area contributed by atoms with Crippen LogP contribution in [-0.4, -0.2) is 48.2 Å². The molecule has 1 aromatic carbocycles. The summed E-state index contributed by atoms with van der Waals surface area (Å²) in [6.07, 6.45) is 4.19. The number of benzene rings is 1. The first-order chi connectivity index (χ1) is 9.79. The smallest absolute Gasteiger partial charge is 0.236 e. The molecule has 20 heavy (non-hydrogen) atoms. The molecule has 1 amide bonds. The van der Waals surface area contributed by atoms with Crippen LogP contribution >= 0.6 is 0 Å². The lowest BCUT2D eigenvalue weighted by Gasteiger charge is -2.27. The van der Waals surface area contributed by atoms with Gasteiger partial charge in [0.05, 0.1) is 13.2 Å². The maximum absolute atomic E-state index is 12.1. The average Bonchev–Trinajstić information content (AvgIpc) is 2.53. The Kier molecular flexibility index (Phi) is 6.02. The maximum Gasteiger partial charge on any atom is 0.236 e. The summed E-state index contributed by atoms with van der Waals surface area (Å²) in [6.45, 7) is 2.12. The van der Waals surface area contributed by atoms with E-state index < -0.39 is 0 Å². The van der Waals surface area contributed by atoms with Gasteiger partial charge in [-0.05, 0) is 31.2 Å². The van der Waals surface area contributed by atoms with E-state index in [0.29, 0.717) is 6.54 Å². The van der Waals surface area contributed by atoms with Crippen LogP contribution < -0.4 is 5.32 Å². The van der Waals surface area contributed by atoms with Crippen LogP contribution in [0, 0.1) is 0 Å². The molecule has 0 bridgehead atoms. The van der Waals surface area contributed by atoms with Crippen LogP contribution in [0.1, 0.15) is 24.8 Å². The number of likely N-dealkylation sites (tertiary alicyclic amines) is 1. The fraction of sp³-hybridized carbons (Fsp3) is 0.562. The third-order valence-corrected chi connectivity index (χ3v) is 3.80. The van der Waals surface area contributed by atoms with Crippen molar-refractivity contribution in [2.24, 2.45) is 0 Å². The Hall–Kier alpha value is -1.39. The molecule has 1 heterocycles. The second-order valence-electron chi connectivity index (χ2n) is 5.39. The summed E-state index contributed by atoms with van der Waals surface area (Å²) >= 11 is 0. The fourth-order valence-corrected chi connectivity index (χ4v) is 2.59. The van der Waals surface area contributed by atoms with Crippen LogP contribution in [0.4, 0.5) is 0 Å². The Morgan fingerprint density at radius 1 is 1.20 bits per heavy atom. The Morgan fingerprint density at radius 2 is 1.90 bits per heavy atom. The topological polar surface area (TPSA) is 52.6 Å². The van der Waals surface area contributed by atoms with Gasteiger partial charge in [-0.2, -0.15) is 0 Å². The van der Waals surface area contributed by atoms with Gasteiger partial charge in [-0.1, -0.05) is 30.3 Å². The molecule has 0 radical (unpaired) electrons. The second kappa shape index (κ2) is 8.02. The van der Waals surface area contributed by atoms with Crippen LogP contribution in [0.5, 0.6) is 0 Å². The molecular formula is C16H24N2O2. The molecule has 1 aliphatic rings. The molecule has 1 aliphatic heterocycles. The average molecular weight is 276 g/mol. The number of rotatable bonds is 6. The highest BCUT2D eigenvalue weighted by Crippen LogP contribution is 2.08. The van der Waals surface area contributed by atoms with E-state index in [0.717, 1.165) is 32.4 Å². The lowest BCUT2D eigenvalue weighted by molar-refractivity contribution is -0.131. The monoisotopic (exact) mass is 276 g/mol. The molecule has 1 aromatic rings. The van der Waals surface area contributed by atoms with Gasteiger partial charge in [0.15, 0.2) is 0 Å². The summed E-state index contributed by atoms with van der Waals surface area (Å²) in [7, 11) is 0. The Bertz CT molecular complexity index is 402. The SMILES string of the molecule is O=C(CNC(CO)Cc1ccccc1)N1CCCCC1. The van der Waals surface area contributed by atoms with Gasteiger partial charge in [0.2, 0.25) is 5.91 Å². The van der Waals surface area contributed by atoms with Crippen molar-refractivity contribution in [2.45, 2.75) is 31.7 Å². The van der Waals surface area contributed by atoms with Crippen LogP contribution in [-0.2, 0) is 11.2 Å². The Morgan fingerprint density at radius 3 is 2.55 bits per heavy atom. The van der Waals surface area contributed by atoms with Crippen molar-refractivity contribution in [3.63, 3.8) is 0 Å². The molecule has 1 unspecified atom stereocenters. The van der Waals surface area contributed by atoms with Crippen molar-refractivity contribution < 1.29 is 9.90 Å². The predicted molar refractivity (Wildman–Crippen MR) is 79.5 cm³/mol. The molecule has 1 fully saturated rings. The van der Waals surface area contributed by atoms with Crippen molar-refractivity contribution >= 4 is 5.91 Å². The van der Waals surface area contributed by atoms with Gasteiger partial charge in [0, 0.05) is 19.1 Å². The molecule has 1 saturated heterocycles. The van der Waals surface area contributed by atoms with Crippen molar-refractivity contribution in [3.05, 3.63) is 35.9 Å². The van der Waals surface area contributed by atoms with Crippen LogP contribution in [0.2, 0.25) is 0 Å². The summed E-state index contributed by atoms with van der Waals surface area (Å²) in [5, 5.41) is 12.6. The van der Waals surface area contributed by atoms with Gasteiger partial charge in [-0.15, -0.1) is 0 Å². The highest BCUT2D eigenvalue weighted by atomic mass is 16.3. The number of hydrogen-bond donors (Lipinski definition) is 2. The van der Waals surface area contributed by atoms with Crippen molar-refractivity contribution in [2.75, 3.05) is 26.2 Å². The number of piperidine rings is 1. The number of carbonyl (C=O) groups excluding carboxylic acids is 1. The minimum atomic E-state index is -0.0638. The highest BCUT2D eigenvalue weighted by Gasteiger charge is 2.17. The van der Waals surface area contributed by atoms with E-state index in [1.54, 1.807) is 0 Å². The van der Waals surface area contributed by atoms with Gasteiger partial charge in [-0.25, -0.2) is 0 Å². The third kappa shape index (κ3) is 4.62. The normalized spacial score (nSPS) is 16.9. The number of nitrogens with zero attached hydrogens (tertiary/aromatic N) is 1. The Balaban J connectivity index is 1.77. The van der Waals surface area contributed by atoms with E-state index >= 15 is 0 Å². The molecule has 1 atom stereocenters. The summed E-state index contributed by atoms with van der Waals surface area (Å²) in [5.41, 5.74) is 1.17. The summed E-state index contributed by atoms with van der Waals surface area (Å²) < 4.78 is 0. The van der Waals surface area contributed by atoms with Gasteiger partial charge in [-0.3, -0.25) is 4.79 Å². The molecule has 0 spiro atoms. The quantitative estimate of drug-likeness (QED) is 0.820. The molecule has 110 valence electrons. The van der Waals surface area contributed by atoms with Crippen LogP contribution in [0.3, 0.4) is 0 Å². The largest absolute Gasteiger partial charge is 0.395 e. The predicted octanol–water partition coefficient (Wildman–Crippen LogP) is 1.19. The highest BCUT2D eigenvalue weighted by molar-refractivity contribution is 5.78. The van der Waals surface area contributed by atoms with E-state index in [4.69, 9.17) is 0 Å². The number of carbonyl (C=O) groups is 1. The van der Waals surface area contributed by atoms with E-state index in [9.17, 15) is 9.90 Å². The second-order valence-corrected chi connectivity index (χ2v) is 5.39. The maximum atomic E-state index is 12.1. The Labute approximate surface area is 120 Å². The lowest BCUT2D eigenvalue weighted by atomic mass is 10.1. The zero-order chi connectivity index (χ0) is 14.2. The molecule has 4 nitrogen and oxygen atoms in total. The number of aliphatic hydroxyl groups excluding tert-OH is 1. The first kappa shape index (κ1) is 15.0. The zero-order valence-corrected chi connectivity index (χ0v) is 11.9. The molecule has 4 heteroatoms. The fourth-order valence-electron chi connectivity index (χ4n) is 2.59. The zero-order valence-electron chi connectivity index (χ0n) is 11.9. The van der Waals surface area contributed by atoms with Crippen molar-refractivity contribution in [1.82, 2.24) is 10.2 Å². The number of aliphatic hydroxyl groups is 1. The molecule has 0 aromatic heterocycles. The summed E-state index contributed by atoms with van der Waals surface area (Å²) in [6, 6.07) is 9.97. The van der Waals surface area contributed by atoms with E-state index in [2.05, 4.69) is 5.32 Å². The van der Waals surface area contributed by atoms with Gasteiger partial charge in [0.25, 0.3) is 0 Å². The number of amides is 1. The van der Waals surface area contributed by atoms with E-state index in [1.807, 2.05) is 35.2 Å². The number of nitrogens with one attached hydrogen (secondary N) is 1. The summed E-state index contributed by atoms with van der Waals surface area (Å²) in [4.78, 5) is 14.0. The molecule has 0 aliphatic carbocycles. The number of hydrogen-bond acceptors (Lipinski definition) is 3. The third-order valence-electron chi connectivity index (χ3n) is 3.80. The van der Waals surface area contributed by atoms with Gasteiger partial charge in [0.1, 0.15) is 0 Å². The standard InChI is InChI=1S/C16H24N2O2/c19-13-15(11-14-7-3-1-4-8-14)17-12-16(20)18-9-5-2-6-10-18/h1,3-4,7-8,15,17,19H,2,5-6,9-13H2. The molecule has 2 rings (SSSR count). The first-order valence-corrected chi connectivity index (χ1v) is 7.45. The van der Waals surface area contributed by atoms with E-state index in [-0.39, 0.29) is 18.6 Å². The van der Waals surface area contributed by atoms with E-state index in [1.165, 1.54) is 12.0 Å². The van der Waals surface area contributed by atoms with Gasteiger partial charge >= 0.3 is 0 Å².